The van der Waals surface area contributed by atoms with Gasteiger partial charge in [-0.15, -0.1) is 0 Å². The van der Waals surface area contributed by atoms with Gasteiger partial charge in [-0.2, -0.15) is 0 Å². The maximum Gasteiger partial charge on any atom is 0.326 e. The minimum atomic E-state index is -0.321. The van der Waals surface area contributed by atoms with E-state index in [1.807, 2.05) is 45.0 Å². The quantitative estimate of drug-likeness (QED) is 0.544. The van der Waals surface area contributed by atoms with E-state index < -0.39 is 0 Å². The summed E-state index contributed by atoms with van der Waals surface area (Å²) in [7, 11) is 0. The maximum absolute atomic E-state index is 12.3. The third-order valence-corrected chi connectivity index (χ3v) is 4.57. The van der Waals surface area contributed by atoms with E-state index in [1.54, 1.807) is 10.6 Å². The first-order valence-electron chi connectivity index (χ1n) is 9.51. The summed E-state index contributed by atoms with van der Waals surface area (Å²) in [5.74, 6) is 0.946. The summed E-state index contributed by atoms with van der Waals surface area (Å²) in [6, 6.07) is 9.20. The molecular formula is C20H23N7O2. The second kappa shape index (κ2) is 7.42. The van der Waals surface area contributed by atoms with Crippen molar-refractivity contribution in [2.45, 2.75) is 39.3 Å². The number of benzene rings is 1. The first-order valence-corrected chi connectivity index (χ1v) is 9.51. The number of nitrogens with one attached hydrogen (secondary N) is 4. The number of hydrogen-bond donors (Lipinski definition) is 4. The lowest BCUT2D eigenvalue weighted by Crippen LogP contribution is -2.42. The fraction of sp³-hybridized carbons (Fsp3) is 0.300. The number of urea groups is 1. The highest BCUT2D eigenvalue weighted by Crippen LogP contribution is 2.27. The van der Waals surface area contributed by atoms with Crippen LogP contribution in [0.1, 0.15) is 26.5 Å². The molecule has 0 bridgehead atoms. The number of fused-ring (bicyclic) bond motifs is 3. The Morgan fingerprint density at radius 2 is 2.00 bits per heavy atom. The monoisotopic (exact) mass is 393 g/mol. The van der Waals surface area contributed by atoms with Crippen LogP contribution >= 0.6 is 0 Å². The zero-order valence-electron chi connectivity index (χ0n) is 16.5. The minimum absolute atomic E-state index is 0.0273. The molecule has 2 aromatic heterocycles. The number of carbonyl (C=O) groups is 2. The molecule has 9 heteroatoms. The summed E-state index contributed by atoms with van der Waals surface area (Å²) in [4.78, 5) is 32.4. The van der Waals surface area contributed by atoms with Gasteiger partial charge in [-0.3, -0.25) is 9.88 Å². The van der Waals surface area contributed by atoms with Gasteiger partial charge in [-0.05, 0) is 45.0 Å². The van der Waals surface area contributed by atoms with E-state index in [0.717, 1.165) is 28.7 Å². The van der Waals surface area contributed by atoms with Crippen LogP contribution in [0.2, 0.25) is 0 Å². The molecule has 1 aromatic carbocycles. The van der Waals surface area contributed by atoms with E-state index in [2.05, 4.69) is 31.2 Å². The third-order valence-electron chi connectivity index (χ3n) is 4.57. The first-order chi connectivity index (χ1) is 13.9. The van der Waals surface area contributed by atoms with Gasteiger partial charge in [-0.1, -0.05) is 0 Å². The van der Waals surface area contributed by atoms with Crippen LogP contribution < -0.4 is 21.3 Å². The topological polar surface area (TPSA) is 113 Å². The summed E-state index contributed by atoms with van der Waals surface area (Å²) in [6.07, 6.45) is 2.18. The Balaban J connectivity index is 1.55. The number of anilines is 3. The van der Waals surface area contributed by atoms with Gasteiger partial charge in [0.25, 0.3) is 0 Å². The van der Waals surface area contributed by atoms with Crippen LogP contribution in [0, 0.1) is 0 Å². The highest BCUT2D eigenvalue weighted by Gasteiger charge is 2.23. The molecule has 0 spiro atoms. The van der Waals surface area contributed by atoms with Gasteiger partial charge in [0.2, 0.25) is 0 Å². The Labute approximate surface area is 167 Å². The highest BCUT2D eigenvalue weighted by atomic mass is 16.2. The summed E-state index contributed by atoms with van der Waals surface area (Å²) >= 11 is 0. The molecule has 4 rings (SSSR count). The lowest BCUT2D eigenvalue weighted by atomic mass is 10.1. The molecule has 3 heterocycles. The average Bonchev–Trinajstić information content (AvgIpc) is 2.98. The molecule has 0 fully saturated rings. The van der Waals surface area contributed by atoms with E-state index in [-0.39, 0.29) is 24.1 Å². The predicted octanol–water partition coefficient (Wildman–Crippen LogP) is 3.21. The third kappa shape index (κ3) is 3.98. The number of carbonyl (C=O) groups excluding carboxylic acids is 2. The van der Waals surface area contributed by atoms with Crippen molar-refractivity contribution in [2.75, 3.05) is 10.6 Å². The van der Waals surface area contributed by atoms with Crippen molar-refractivity contribution in [3.05, 3.63) is 42.4 Å². The van der Waals surface area contributed by atoms with E-state index >= 15 is 0 Å². The number of aromatic nitrogens is 3. The number of hydrogen-bond acceptors (Lipinski definition) is 5. The molecule has 1 aliphatic rings. The van der Waals surface area contributed by atoms with E-state index in [1.165, 1.54) is 6.33 Å². The smallest absolute Gasteiger partial charge is 0.326 e. The van der Waals surface area contributed by atoms with Crippen molar-refractivity contribution in [1.29, 1.82) is 0 Å². The molecule has 0 radical (unpaired) electrons. The van der Waals surface area contributed by atoms with Gasteiger partial charge in [-0.25, -0.2) is 19.6 Å². The van der Waals surface area contributed by atoms with Crippen molar-refractivity contribution in [1.82, 2.24) is 25.2 Å². The Morgan fingerprint density at radius 3 is 2.79 bits per heavy atom. The fourth-order valence-electron chi connectivity index (χ4n) is 3.44. The molecule has 4 N–H and O–H groups in total. The van der Waals surface area contributed by atoms with Gasteiger partial charge in [0, 0.05) is 41.3 Å². The summed E-state index contributed by atoms with van der Waals surface area (Å²) in [5.41, 5.74) is 2.69. The fourth-order valence-corrected chi connectivity index (χ4v) is 3.44. The van der Waals surface area contributed by atoms with Crippen LogP contribution in [0.25, 0.3) is 10.9 Å². The highest BCUT2D eigenvalue weighted by molar-refractivity contribution is 5.95. The van der Waals surface area contributed by atoms with Gasteiger partial charge in [0.1, 0.15) is 18.0 Å². The average molecular weight is 393 g/mol. The predicted molar refractivity (Wildman–Crippen MR) is 112 cm³/mol. The summed E-state index contributed by atoms with van der Waals surface area (Å²) < 4.78 is 1.72. The lowest BCUT2D eigenvalue weighted by Gasteiger charge is -2.22. The van der Waals surface area contributed by atoms with Crippen LogP contribution in [0.5, 0.6) is 0 Å². The van der Waals surface area contributed by atoms with Gasteiger partial charge in [0.05, 0.1) is 5.52 Å². The minimum Gasteiger partial charge on any atom is -0.340 e. The zero-order valence-corrected chi connectivity index (χ0v) is 16.5. The summed E-state index contributed by atoms with van der Waals surface area (Å²) in [5, 5.41) is 12.6. The van der Waals surface area contributed by atoms with E-state index in [4.69, 9.17) is 0 Å². The van der Waals surface area contributed by atoms with Gasteiger partial charge < -0.3 is 16.0 Å². The normalized spacial score (nSPS) is 15.7. The molecule has 1 unspecified atom stereocenters. The molecule has 150 valence electrons. The second-order valence-corrected chi connectivity index (χ2v) is 7.47. The van der Waals surface area contributed by atoms with Crippen LogP contribution in [-0.4, -0.2) is 38.7 Å². The number of amides is 3. The van der Waals surface area contributed by atoms with Crippen LogP contribution in [0.3, 0.4) is 0 Å². The molecule has 0 aliphatic carbocycles. The Kier molecular flexibility index (Phi) is 4.79. The van der Waals surface area contributed by atoms with Crippen molar-refractivity contribution >= 4 is 40.3 Å². The molecule has 9 nitrogen and oxygen atoms in total. The summed E-state index contributed by atoms with van der Waals surface area (Å²) in [6.45, 7) is 5.76. The molecule has 0 saturated carbocycles. The SMILES string of the molecule is CC(C)NC(=O)Nc1cc(Nc2ccc3c(c2)cc2n3C(=O)NC(C)C2)ncn1. The number of rotatable bonds is 4. The van der Waals surface area contributed by atoms with Gasteiger partial charge in [0.15, 0.2) is 0 Å². The van der Waals surface area contributed by atoms with Crippen LogP contribution in [0.15, 0.2) is 36.7 Å². The Morgan fingerprint density at radius 1 is 1.21 bits per heavy atom. The molecule has 0 saturated heterocycles. The standard InChI is InChI=1S/C20H23N7O2/c1-11(2)23-19(28)26-18-9-17(21-10-22-18)25-14-4-5-16-13(7-14)8-15-6-12(3)24-20(29)27(15)16/h4-5,7-12H,6H2,1-3H3,(H,24,29)(H3,21,22,23,25,26,28). The van der Waals surface area contributed by atoms with Crippen LogP contribution in [-0.2, 0) is 6.42 Å². The van der Waals surface area contributed by atoms with E-state index in [9.17, 15) is 9.59 Å². The van der Waals surface area contributed by atoms with E-state index in [0.29, 0.717) is 11.6 Å². The van der Waals surface area contributed by atoms with Crippen LogP contribution in [0.4, 0.5) is 26.9 Å². The number of nitrogens with zero attached hydrogens (tertiary/aromatic N) is 3. The first kappa shape index (κ1) is 18.7. The Bertz CT molecular complexity index is 1090. The lowest BCUT2D eigenvalue weighted by molar-refractivity contribution is 0.235. The van der Waals surface area contributed by atoms with Crippen molar-refractivity contribution < 1.29 is 9.59 Å². The Hall–Kier alpha value is -3.62. The van der Waals surface area contributed by atoms with Gasteiger partial charge >= 0.3 is 12.1 Å². The molecule has 3 aromatic rings. The zero-order chi connectivity index (χ0) is 20.5. The van der Waals surface area contributed by atoms with Crippen molar-refractivity contribution in [3.63, 3.8) is 0 Å². The molecule has 3 amide bonds. The molecule has 1 aliphatic heterocycles. The molecule has 29 heavy (non-hydrogen) atoms. The van der Waals surface area contributed by atoms with Crippen molar-refractivity contribution in [3.8, 4) is 0 Å². The molecule has 1 atom stereocenters. The maximum atomic E-state index is 12.3. The largest absolute Gasteiger partial charge is 0.340 e. The van der Waals surface area contributed by atoms with Crippen molar-refractivity contribution in [2.24, 2.45) is 0 Å². The molecular weight excluding hydrogens is 370 g/mol. The second-order valence-electron chi connectivity index (χ2n) is 7.47.